The molecule has 0 saturated carbocycles. The highest BCUT2D eigenvalue weighted by Crippen LogP contribution is 2.01. The van der Waals surface area contributed by atoms with Gasteiger partial charge in [-0.3, -0.25) is 0 Å². The Morgan fingerprint density at radius 1 is 1.22 bits per heavy atom. The van der Waals surface area contributed by atoms with Gasteiger partial charge in [-0.05, 0) is 19.8 Å². The van der Waals surface area contributed by atoms with Crippen molar-refractivity contribution in [2.45, 2.75) is 38.7 Å². The van der Waals surface area contributed by atoms with Gasteiger partial charge < -0.3 is 10.2 Å². The van der Waals surface area contributed by atoms with Gasteiger partial charge in [-0.1, -0.05) is 12.8 Å². The second-order valence-corrected chi connectivity index (χ2v) is 2.42. The molecule has 0 aromatic heterocycles. The predicted molar refractivity (Wildman–Crippen MR) is 37.2 cm³/mol. The molecule has 0 radical (unpaired) electrons. The second kappa shape index (κ2) is 6.05. The molecule has 0 spiro atoms. The summed E-state index contributed by atoms with van der Waals surface area (Å²) in [6, 6.07) is 0. The lowest BCUT2D eigenvalue weighted by molar-refractivity contribution is 0.178. The molecule has 9 heavy (non-hydrogen) atoms. The van der Waals surface area contributed by atoms with E-state index in [0.717, 1.165) is 25.7 Å². The molecule has 0 aliphatic carbocycles. The van der Waals surface area contributed by atoms with E-state index < -0.39 is 0 Å². The molecule has 0 aliphatic rings. The van der Waals surface area contributed by atoms with Crippen LogP contribution in [0, 0.1) is 0 Å². The fraction of sp³-hybridized carbons (Fsp3) is 1.00. The number of aliphatic hydroxyl groups is 2. The van der Waals surface area contributed by atoms with E-state index in [9.17, 15) is 0 Å². The van der Waals surface area contributed by atoms with Crippen molar-refractivity contribution in [2.24, 2.45) is 0 Å². The van der Waals surface area contributed by atoms with Gasteiger partial charge in [0, 0.05) is 6.61 Å². The first kappa shape index (κ1) is 8.92. The number of hydrogen-bond donors (Lipinski definition) is 2. The molecule has 0 aromatic carbocycles. The fourth-order valence-corrected chi connectivity index (χ4v) is 0.728. The quantitative estimate of drug-likeness (QED) is 0.546. The molecular weight excluding hydrogens is 116 g/mol. The third-order valence-corrected chi connectivity index (χ3v) is 1.28. The van der Waals surface area contributed by atoms with Crippen LogP contribution in [0.25, 0.3) is 0 Å². The highest BCUT2D eigenvalue weighted by molar-refractivity contribution is 4.47. The summed E-state index contributed by atoms with van der Waals surface area (Å²) in [5, 5.41) is 17.2. The average Bonchev–Trinajstić information content (AvgIpc) is 1.80. The van der Waals surface area contributed by atoms with Crippen molar-refractivity contribution in [1.29, 1.82) is 0 Å². The Labute approximate surface area is 56.5 Å². The zero-order chi connectivity index (χ0) is 7.11. The van der Waals surface area contributed by atoms with Crippen molar-refractivity contribution in [3.8, 4) is 0 Å². The van der Waals surface area contributed by atoms with Crippen molar-refractivity contribution in [3.05, 3.63) is 0 Å². The molecule has 0 aliphatic heterocycles. The minimum Gasteiger partial charge on any atom is -0.396 e. The first-order valence-corrected chi connectivity index (χ1v) is 3.56. The van der Waals surface area contributed by atoms with E-state index in [1.807, 2.05) is 0 Å². The minimum atomic E-state index is -0.177. The standard InChI is InChI=1S/C7H16O2/c1-7(9)5-3-2-4-6-8/h7-9H,2-6H2,1H3/t7-/m1/s1. The van der Waals surface area contributed by atoms with Crippen LogP contribution in [-0.2, 0) is 0 Å². The summed E-state index contributed by atoms with van der Waals surface area (Å²) in [4.78, 5) is 0. The van der Waals surface area contributed by atoms with Crippen LogP contribution < -0.4 is 0 Å². The Balaban J connectivity index is 2.75. The molecule has 2 N–H and O–H groups in total. The maximum atomic E-state index is 8.79. The Kier molecular flexibility index (Phi) is 5.99. The highest BCUT2D eigenvalue weighted by atomic mass is 16.3. The first-order chi connectivity index (χ1) is 4.27. The summed E-state index contributed by atoms with van der Waals surface area (Å²) in [7, 11) is 0. The topological polar surface area (TPSA) is 40.5 Å². The first-order valence-electron chi connectivity index (χ1n) is 3.56. The number of rotatable bonds is 5. The van der Waals surface area contributed by atoms with E-state index >= 15 is 0 Å². The molecule has 0 aromatic rings. The van der Waals surface area contributed by atoms with Gasteiger partial charge in [0.2, 0.25) is 0 Å². The van der Waals surface area contributed by atoms with E-state index in [0.29, 0.717) is 0 Å². The van der Waals surface area contributed by atoms with Crippen LogP contribution in [-0.4, -0.2) is 22.9 Å². The maximum absolute atomic E-state index is 8.79. The summed E-state index contributed by atoms with van der Waals surface area (Å²) in [6.45, 7) is 2.07. The Morgan fingerprint density at radius 2 is 1.89 bits per heavy atom. The van der Waals surface area contributed by atoms with Crippen LogP contribution in [0.15, 0.2) is 0 Å². The molecule has 56 valence electrons. The molecule has 2 nitrogen and oxygen atoms in total. The Bertz CT molecular complexity index is 52.9. The van der Waals surface area contributed by atoms with Gasteiger partial charge >= 0.3 is 0 Å². The van der Waals surface area contributed by atoms with Crippen molar-refractivity contribution in [1.82, 2.24) is 0 Å². The minimum absolute atomic E-state index is 0.177. The molecule has 2 heteroatoms. The molecule has 0 saturated heterocycles. The molecule has 0 unspecified atom stereocenters. The van der Waals surface area contributed by atoms with Crippen LogP contribution >= 0.6 is 0 Å². The second-order valence-electron chi connectivity index (χ2n) is 2.42. The molecule has 0 heterocycles. The number of hydrogen-bond acceptors (Lipinski definition) is 2. The van der Waals surface area contributed by atoms with Gasteiger partial charge in [0.15, 0.2) is 0 Å². The molecule has 0 bridgehead atoms. The van der Waals surface area contributed by atoms with Gasteiger partial charge in [-0.15, -0.1) is 0 Å². The largest absolute Gasteiger partial charge is 0.396 e. The Morgan fingerprint density at radius 3 is 2.33 bits per heavy atom. The molecule has 1 atom stereocenters. The van der Waals surface area contributed by atoms with Crippen molar-refractivity contribution in [3.63, 3.8) is 0 Å². The third-order valence-electron chi connectivity index (χ3n) is 1.28. The number of unbranched alkanes of at least 4 members (excludes halogenated alkanes) is 2. The van der Waals surface area contributed by atoms with Crippen molar-refractivity contribution >= 4 is 0 Å². The molecular formula is C7H16O2. The van der Waals surface area contributed by atoms with E-state index in [4.69, 9.17) is 10.2 Å². The van der Waals surface area contributed by atoms with Crippen LogP contribution in [0.5, 0.6) is 0 Å². The van der Waals surface area contributed by atoms with Gasteiger partial charge in [-0.2, -0.15) is 0 Å². The van der Waals surface area contributed by atoms with Crippen LogP contribution in [0.2, 0.25) is 0 Å². The monoisotopic (exact) mass is 132 g/mol. The highest BCUT2D eigenvalue weighted by Gasteiger charge is 1.93. The van der Waals surface area contributed by atoms with E-state index in [1.165, 1.54) is 0 Å². The van der Waals surface area contributed by atoms with E-state index in [-0.39, 0.29) is 12.7 Å². The molecule has 0 amide bonds. The zero-order valence-corrected chi connectivity index (χ0v) is 6.01. The normalized spacial score (nSPS) is 13.7. The van der Waals surface area contributed by atoms with E-state index in [1.54, 1.807) is 6.92 Å². The predicted octanol–water partition coefficient (Wildman–Crippen LogP) is 0.920. The van der Waals surface area contributed by atoms with Crippen molar-refractivity contribution in [2.75, 3.05) is 6.61 Å². The lowest BCUT2D eigenvalue weighted by atomic mass is 10.1. The summed E-state index contributed by atoms with van der Waals surface area (Å²) in [6.07, 6.45) is 3.61. The summed E-state index contributed by atoms with van der Waals surface area (Å²) in [5.74, 6) is 0. The molecule has 0 fully saturated rings. The summed E-state index contributed by atoms with van der Waals surface area (Å²) >= 11 is 0. The lowest BCUT2D eigenvalue weighted by Crippen LogP contribution is -1.98. The Hall–Kier alpha value is -0.0800. The van der Waals surface area contributed by atoms with Crippen LogP contribution in [0.1, 0.15) is 32.6 Å². The number of aliphatic hydroxyl groups excluding tert-OH is 2. The zero-order valence-electron chi connectivity index (χ0n) is 6.01. The fourth-order valence-electron chi connectivity index (χ4n) is 0.728. The van der Waals surface area contributed by atoms with Crippen LogP contribution in [0.4, 0.5) is 0 Å². The lowest BCUT2D eigenvalue weighted by Gasteiger charge is -2.01. The van der Waals surface area contributed by atoms with Gasteiger partial charge in [0.05, 0.1) is 6.10 Å². The van der Waals surface area contributed by atoms with Gasteiger partial charge in [0.25, 0.3) is 0 Å². The van der Waals surface area contributed by atoms with Crippen molar-refractivity contribution < 1.29 is 10.2 Å². The van der Waals surface area contributed by atoms with Crippen LogP contribution in [0.3, 0.4) is 0 Å². The average molecular weight is 132 g/mol. The molecule has 0 rings (SSSR count). The summed E-state index contributed by atoms with van der Waals surface area (Å²) < 4.78 is 0. The SMILES string of the molecule is C[C@@H](O)CCCCCO. The van der Waals surface area contributed by atoms with Gasteiger partial charge in [0.1, 0.15) is 0 Å². The smallest absolute Gasteiger partial charge is 0.0512 e. The third kappa shape index (κ3) is 7.92. The van der Waals surface area contributed by atoms with Gasteiger partial charge in [-0.25, -0.2) is 0 Å². The maximum Gasteiger partial charge on any atom is 0.0512 e. The van der Waals surface area contributed by atoms with E-state index in [2.05, 4.69) is 0 Å². The summed E-state index contributed by atoms with van der Waals surface area (Å²) in [5.41, 5.74) is 0.